The number of carboxylic acid groups (broad SMARTS) is 1. The molecule has 10 heavy (non-hydrogen) atoms. The topological polar surface area (TPSA) is 54.4 Å². The number of aldehydes is 1. The van der Waals surface area contributed by atoms with E-state index < -0.39 is 5.97 Å². The quantitative estimate of drug-likeness (QED) is 0.400. The number of halogens is 1. The SMILES string of the molecule is O=CCS/C=C(/Cl)C(=O)O. The Hall–Kier alpha value is -0.480. The summed E-state index contributed by atoms with van der Waals surface area (Å²) in [6, 6.07) is 0. The third-order valence-electron chi connectivity index (χ3n) is 0.555. The lowest BCUT2D eigenvalue weighted by Gasteiger charge is -1.86. The molecule has 0 bridgehead atoms. The number of thioether (sulfide) groups is 1. The van der Waals surface area contributed by atoms with Crippen LogP contribution in [-0.2, 0) is 9.59 Å². The number of carbonyl (C=O) groups excluding carboxylic acids is 1. The molecule has 0 amide bonds. The van der Waals surface area contributed by atoms with Crippen LogP contribution < -0.4 is 0 Å². The van der Waals surface area contributed by atoms with Crippen molar-refractivity contribution < 1.29 is 14.7 Å². The molecule has 0 spiro atoms. The highest BCUT2D eigenvalue weighted by atomic mass is 35.5. The van der Waals surface area contributed by atoms with Crippen molar-refractivity contribution in [3.63, 3.8) is 0 Å². The highest BCUT2D eigenvalue weighted by Gasteiger charge is 2.00. The predicted octanol–water partition coefficient (Wildman–Crippen LogP) is 1.08. The Morgan fingerprint density at radius 2 is 2.30 bits per heavy atom. The third kappa shape index (κ3) is 4.40. The molecule has 0 aliphatic carbocycles. The molecular weight excluding hydrogens is 176 g/mol. The minimum absolute atomic E-state index is 0.226. The van der Waals surface area contributed by atoms with Gasteiger partial charge in [-0.3, -0.25) is 0 Å². The Kier molecular flexibility index (Phi) is 5.06. The minimum Gasteiger partial charge on any atom is -0.477 e. The van der Waals surface area contributed by atoms with Gasteiger partial charge < -0.3 is 9.90 Å². The number of carboxylic acids is 1. The van der Waals surface area contributed by atoms with Crippen molar-refractivity contribution in [2.24, 2.45) is 0 Å². The van der Waals surface area contributed by atoms with Gasteiger partial charge in [0.2, 0.25) is 0 Å². The summed E-state index contributed by atoms with van der Waals surface area (Å²) in [5.74, 6) is -0.955. The molecule has 0 unspecified atom stereocenters. The molecule has 0 aromatic heterocycles. The van der Waals surface area contributed by atoms with Crippen molar-refractivity contribution in [2.75, 3.05) is 5.75 Å². The standard InChI is InChI=1S/C5H5ClO3S/c6-4(5(8)9)3-10-2-1-7/h1,3H,2H2,(H,8,9)/b4-3+. The molecular formula is C5H5ClO3S. The summed E-state index contributed by atoms with van der Waals surface area (Å²) in [5, 5.41) is 9.13. The highest BCUT2D eigenvalue weighted by Crippen LogP contribution is 2.09. The first-order chi connectivity index (χ1) is 4.68. The van der Waals surface area contributed by atoms with Crippen LogP contribution in [0.4, 0.5) is 0 Å². The van der Waals surface area contributed by atoms with Gasteiger partial charge in [-0.05, 0) is 5.41 Å². The zero-order chi connectivity index (χ0) is 7.98. The normalized spacial score (nSPS) is 11.1. The summed E-state index contributed by atoms with van der Waals surface area (Å²) in [7, 11) is 0. The lowest BCUT2D eigenvalue weighted by molar-refractivity contribution is -0.131. The summed E-state index contributed by atoms with van der Waals surface area (Å²) in [4.78, 5) is 19.7. The number of aliphatic carboxylic acids is 1. The van der Waals surface area contributed by atoms with Gasteiger partial charge >= 0.3 is 5.97 Å². The van der Waals surface area contributed by atoms with E-state index in [9.17, 15) is 9.59 Å². The summed E-state index contributed by atoms with van der Waals surface area (Å²) >= 11 is 6.22. The Bertz CT molecular complexity index is 166. The van der Waals surface area contributed by atoms with Crippen LogP contribution in [0.1, 0.15) is 0 Å². The maximum absolute atomic E-state index is 9.99. The lowest BCUT2D eigenvalue weighted by atomic mass is 10.7. The van der Waals surface area contributed by atoms with Crippen LogP contribution in [0, 0.1) is 0 Å². The fraction of sp³-hybridized carbons (Fsp3) is 0.200. The molecule has 0 fully saturated rings. The van der Waals surface area contributed by atoms with E-state index in [0.717, 1.165) is 11.8 Å². The monoisotopic (exact) mass is 180 g/mol. The third-order valence-corrected chi connectivity index (χ3v) is 1.69. The summed E-state index contributed by atoms with van der Waals surface area (Å²) < 4.78 is 0. The Labute approximate surface area is 67.1 Å². The van der Waals surface area contributed by atoms with Crippen molar-refractivity contribution >= 4 is 35.6 Å². The van der Waals surface area contributed by atoms with Crippen LogP contribution in [0.3, 0.4) is 0 Å². The molecule has 0 radical (unpaired) electrons. The van der Waals surface area contributed by atoms with E-state index in [1.165, 1.54) is 5.41 Å². The Morgan fingerprint density at radius 3 is 2.70 bits per heavy atom. The smallest absolute Gasteiger partial charge is 0.347 e. The van der Waals surface area contributed by atoms with Crippen LogP contribution in [0.5, 0.6) is 0 Å². The van der Waals surface area contributed by atoms with E-state index in [4.69, 9.17) is 16.7 Å². The molecule has 0 aromatic carbocycles. The van der Waals surface area contributed by atoms with E-state index in [2.05, 4.69) is 0 Å². The van der Waals surface area contributed by atoms with Crippen LogP contribution >= 0.6 is 23.4 Å². The van der Waals surface area contributed by atoms with Crippen LogP contribution in [0.15, 0.2) is 10.4 Å². The van der Waals surface area contributed by atoms with E-state index in [0.29, 0.717) is 6.29 Å². The van der Waals surface area contributed by atoms with Crippen LogP contribution in [0.25, 0.3) is 0 Å². The first-order valence-electron chi connectivity index (χ1n) is 2.32. The fourth-order valence-corrected chi connectivity index (χ4v) is 0.822. The maximum atomic E-state index is 9.99. The van der Waals surface area contributed by atoms with Gasteiger partial charge in [-0.15, -0.1) is 11.8 Å². The predicted molar refractivity (Wildman–Crippen MR) is 40.1 cm³/mol. The fourth-order valence-electron chi connectivity index (χ4n) is 0.211. The van der Waals surface area contributed by atoms with Crippen molar-refractivity contribution in [1.29, 1.82) is 0 Å². The van der Waals surface area contributed by atoms with Gasteiger partial charge in [-0.1, -0.05) is 11.6 Å². The van der Waals surface area contributed by atoms with E-state index in [1.807, 2.05) is 0 Å². The van der Waals surface area contributed by atoms with Gasteiger partial charge in [-0.2, -0.15) is 0 Å². The molecule has 3 nitrogen and oxygen atoms in total. The molecule has 0 aliphatic heterocycles. The Balaban J connectivity index is 3.68. The molecule has 0 rings (SSSR count). The number of hydrogen-bond acceptors (Lipinski definition) is 3. The minimum atomic E-state index is -1.18. The number of carbonyl (C=O) groups is 2. The van der Waals surface area contributed by atoms with E-state index in [-0.39, 0.29) is 10.8 Å². The second kappa shape index (κ2) is 5.32. The molecule has 0 atom stereocenters. The number of rotatable bonds is 4. The molecule has 5 heteroatoms. The van der Waals surface area contributed by atoms with Crippen LogP contribution in [0.2, 0.25) is 0 Å². The molecule has 1 N–H and O–H groups in total. The first-order valence-corrected chi connectivity index (χ1v) is 3.75. The van der Waals surface area contributed by atoms with Crippen molar-refractivity contribution in [3.05, 3.63) is 10.4 Å². The van der Waals surface area contributed by atoms with Crippen LogP contribution in [-0.4, -0.2) is 23.1 Å². The molecule has 0 aliphatic rings. The highest BCUT2D eigenvalue weighted by molar-refractivity contribution is 8.02. The second-order valence-corrected chi connectivity index (χ2v) is 2.58. The van der Waals surface area contributed by atoms with Gasteiger partial charge in [-0.25, -0.2) is 4.79 Å². The second-order valence-electron chi connectivity index (χ2n) is 1.27. The summed E-state index contributed by atoms with van der Waals surface area (Å²) in [6.45, 7) is 0. The van der Waals surface area contributed by atoms with Crippen molar-refractivity contribution in [2.45, 2.75) is 0 Å². The first kappa shape index (κ1) is 9.52. The molecule has 0 saturated carbocycles. The molecule has 0 aromatic rings. The molecule has 0 saturated heterocycles. The van der Waals surface area contributed by atoms with Crippen molar-refractivity contribution in [3.8, 4) is 0 Å². The van der Waals surface area contributed by atoms with Crippen molar-refractivity contribution in [1.82, 2.24) is 0 Å². The van der Waals surface area contributed by atoms with Gasteiger partial charge in [0.1, 0.15) is 11.3 Å². The average Bonchev–Trinajstić information content (AvgIpc) is 1.88. The molecule has 56 valence electrons. The maximum Gasteiger partial charge on any atom is 0.347 e. The average molecular weight is 181 g/mol. The Morgan fingerprint density at radius 1 is 1.70 bits per heavy atom. The lowest BCUT2D eigenvalue weighted by Crippen LogP contribution is -1.92. The summed E-state index contributed by atoms with van der Waals surface area (Å²) in [5.41, 5.74) is 0. The number of hydrogen-bond donors (Lipinski definition) is 1. The zero-order valence-corrected chi connectivity index (χ0v) is 6.48. The van der Waals surface area contributed by atoms with Gasteiger partial charge in [0, 0.05) is 0 Å². The van der Waals surface area contributed by atoms with Gasteiger partial charge in [0.05, 0.1) is 5.75 Å². The van der Waals surface area contributed by atoms with Gasteiger partial charge in [0.15, 0.2) is 0 Å². The molecule has 0 heterocycles. The van der Waals surface area contributed by atoms with E-state index >= 15 is 0 Å². The van der Waals surface area contributed by atoms with Gasteiger partial charge in [0.25, 0.3) is 0 Å². The largest absolute Gasteiger partial charge is 0.477 e. The van der Waals surface area contributed by atoms with E-state index in [1.54, 1.807) is 0 Å². The summed E-state index contributed by atoms with van der Waals surface area (Å²) in [6.07, 6.45) is 0.674. The zero-order valence-electron chi connectivity index (χ0n) is 4.91.